The number of hydrogen-bond donors (Lipinski definition) is 1. The molecule has 0 bridgehead atoms. The summed E-state index contributed by atoms with van der Waals surface area (Å²) in [5.74, 6) is -0.955. The molecule has 23 heavy (non-hydrogen) atoms. The number of pyridine rings is 1. The van der Waals surface area contributed by atoms with Crippen molar-refractivity contribution in [3.8, 4) is 0 Å². The van der Waals surface area contributed by atoms with Gasteiger partial charge in [0.15, 0.2) is 0 Å². The van der Waals surface area contributed by atoms with E-state index < -0.39 is 11.8 Å². The first kappa shape index (κ1) is 16.4. The van der Waals surface area contributed by atoms with Crippen LogP contribution < -0.4 is 5.32 Å². The lowest BCUT2D eigenvalue weighted by molar-refractivity contribution is -0.125. The molecule has 0 aliphatic heterocycles. The van der Waals surface area contributed by atoms with E-state index in [9.17, 15) is 9.59 Å². The van der Waals surface area contributed by atoms with E-state index in [1.54, 1.807) is 19.2 Å². The first-order valence-electron chi connectivity index (χ1n) is 7.18. The average molecular weight is 306 g/mol. The van der Waals surface area contributed by atoms with Crippen molar-refractivity contribution >= 4 is 23.5 Å². The van der Waals surface area contributed by atoms with Crippen molar-refractivity contribution in [3.63, 3.8) is 0 Å². The van der Waals surface area contributed by atoms with Crippen LogP contribution in [0.2, 0.25) is 0 Å². The normalized spacial score (nSPS) is 11.0. The number of carbonyl (C=O) groups excluding carboxylic acids is 2. The predicted molar refractivity (Wildman–Crippen MR) is 91.3 cm³/mol. The maximum atomic E-state index is 12.5. The molecule has 0 aliphatic rings. The van der Waals surface area contributed by atoms with Crippen LogP contribution in [0.1, 0.15) is 23.7 Å². The summed E-state index contributed by atoms with van der Waals surface area (Å²) in [5, 5.41) is 2.34. The van der Waals surface area contributed by atoms with Crippen LogP contribution in [-0.4, -0.2) is 16.8 Å². The summed E-state index contributed by atoms with van der Waals surface area (Å²) in [7, 11) is 0. The Morgan fingerprint density at radius 3 is 2.35 bits per heavy atom. The molecule has 1 N–H and O–H groups in total. The third-order valence-electron chi connectivity index (χ3n) is 3.19. The number of imide groups is 1. The number of carbonyl (C=O) groups is 2. The molecule has 0 aliphatic carbocycles. The summed E-state index contributed by atoms with van der Waals surface area (Å²) >= 11 is 0. The first-order valence-corrected chi connectivity index (χ1v) is 7.18. The minimum absolute atomic E-state index is 0.280. The van der Waals surface area contributed by atoms with E-state index in [1.165, 1.54) is 0 Å². The van der Waals surface area contributed by atoms with Gasteiger partial charge in [-0.1, -0.05) is 43.0 Å². The van der Waals surface area contributed by atoms with Crippen LogP contribution in [-0.2, 0) is 9.59 Å². The van der Waals surface area contributed by atoms with E-state index in [0.717, 1.165) is 16.8 Å². The molecule has 0 saturated heterocycles. The molecule has 0 fully saturated rings. The van der Waals surface area contributed by atoms with Crippen molar-refractivity contribution in [3.05, 3.63) is 77.6 Å². The fourth-order valence-corrected chi connectivity index (χ4v) is 1.91. The molecule has 1 aromatic heterocycles. The number of amides is 2. The van der Waals surface area contributed by atoms with Crippen LogP contribution in [0, 0.1) is 6.92 Å². The third kappa shape index (κ3) is 4.48. The summed E-state index contributed by atoms with van der Waals surface area (Å²) in [5.41, 5.74) is 3.08. The summed E-state index contributed by atoms with van der Waals surface area (Å²) in [4.78, 5) is 28.4. The third-order valence-corrected chi connectivity index (χ3v) is 3.19. The van der Waals surface area contributed by atoms with E-state index >= 15 is 0 Å². The van der Waals surface area contributed by atoms with Gasteiger partial charge in [0.25, 0.3) is 11.8 Å². The second kappa shape index (κ2) is 7.31. The molecular formula is C19H18N2O2. The highest BCUT2D eigenvalue weighted by atomic mass is 16.2. The number of benzene rings is 1. The van der Waals surface area contributed by atoms with Crippen LogP contribution in [0.5, 0.6) is 0 Å². The molecule has 2 aromatic rings. The Labute approximate surface area is 135 Å². The van der Waals surface area contributed by atoms with Crippen molar-refractivity contribution in [1.29, 1.82) is 0 Å². The molecule has 116 valence electrons. The van der Waals surface area contributed by atoms with Crippen LogP contribution in [0.25, 0.3) is 11.6 Å². The zero-order chi connectivity index (χ0) is 16.8. The van der Waals surface area contributed by atoms with Crippen molar-refractivity contribution < 1.29 is 9.59 Å². The molecule has 1 aromatic carbocycles. The summed E-state index contributed by atoms with van der Waals surface area (Å²) in [6.07, 6.45) is 3.40. The zero-order valence-electron chi connectivity index (χ0n) is 13.2. The highest BCUT2D eigenvalue weighted by Crippen LogP contribution is 2.18. The minimum Gasteiger partial charge on any atom is -0.288 e. The van der Waals surface area contributed by atoms with E-state index in [0.29, 0.717) is 5.57 Å². The molecular weight excluding hydrogens is 288 g/mol. The van der Waals surface area contributed by atoms with Crippen molar-refractivity contribution in [2.75, 3.05) is 0 Å². The molecule has 0 atom stereocenters. The molecule has 4 heteroatoms. The van der Waals surface area contributed by atoms with Gasteiger partial charge in [-0.3, -0.25) is 19.9 Å². The molecule has 1 heterocycles. The summed E-state index contributed by atoms with van der Waals surface area (Å²) in [6.45, 7) is 6.99. The number of aromatic nitrogens is 1. The van der Waals surface area contributed by atoms with Crippen molar-refractivity contribution in [2.45, 2.75) is 13.8 Å². The van der Waals surface area contributed by atoms with Gasteiger partial charge >= 0.3 is 0 Å². The Bertz CT molecular complexity index is 760. The monoisotopic (exact) mass is 306 g/mol. The van der Waals surface area contributed by atoms with Crippen LogP contribution in [0.4, 0.5) is 0 Å². The summed E-state index contributed by atoms with van der Waals surface area (Å²) < 4.78 is 0. The Hall–Kier alpha value is -3.01. The Balaban J connectivity index is 2.40. The van der Waals surface area contributed by atoms with Gasteiger partial charge in [0.1, 0.15) is 0 Å². The van der Waals surface area contributed by atoms with Gasteiger partial charge in [-0.15, -0.1) is 0 Å². The molecule has 4 nitrogen and oxygen atoms in total. The van der Waals surface area contributed by atoms with Gasteiger partial charge < -0.3 is 0 Å². The number of aryl methyl sites for hydroxylation is 1. The molecule has 0 spiro atoms. The second-order valence-electron chi connectivity index (χ2n) is 5.22. The number of nitrogens with one attached hydrogen (secondary N) is 1. The largest absolute Gasteiger partial charge is 0.288 e. The maximum Gasteiger partial charge on any atom is 0.258 e. The fraction of sp³-hybridized carbons (Fsp3) is 0.105. The molecule has 0 unspecified atom stereocenters. The lowest BCUT2D eigenvalue weighted by Crippen LogP contribution is -2.31. The first-order chi connectivity index (χ1) is 11.0. The van der Waals surface area contributed by atoms with E-state index in [4.69, 9.17) is 0 Å². The van der Waals surface area contributed by atoms with Crippen LogP contribution >= 0.6 is 0 Å². The second-order valence-corrected chi connectivity index (χ2v) is 5.22. The standard InChI is InChI=1S/C19H18N2O2/c1-13(2)18(22)21-19(23)17(16-7-5-4-6-8-16)11-15-10-9-14(3)20-12-15/h4-12H,1H2,2-3H3,(H,21,22,23)/b17-11+. The van der Waals surface area contributed by atoms with Gasteiger partial charge in [-0.05, 0) is 37.1 Å². The van der Waals surface area contributed by atoms with E-state index in [2.05, 4.69) is 16.9 Å². The van der Waals surface area contributed by atoms with Gasteiger partial charge in [0.05, 0.1) is 0 Å². The topological polar surface area (TPSA) is 59.1 Å². The molecule has 2 amide bonds. The Morgan fingerprint density at radius 2 is 1.78 bits per heavy atom. The maximum absolute atomic E-state index is 12.5. The molecule has 0 saturated carbocycles. The zero-order valence-corrected chi connectivity index (χ0v) is 13.2. The van der Waals surface area contributed by atoms with Crippen LogP contribution in [0.15, 0.2) is 60.8 Å². The summed E-state index contributed by atoms with van der Waals surface area (Å²) in [6, 6.07) is 12.9. The van der Waals surface area contributed by atoms with E-state index in [1.807, 2.05) is 49.4 Å². The number of rotatable bonds is 4. The minimum atomic E-state index is -0.487. The fourth-order valence-electron chi connectivity index (χ4n) is 1.91. The lowest BCUT2D eigenvalue weighted by Gasteiger charge is -2.09. The van der Waals surface area contributed by atoms with Crippen molar-refractivity contribution in [1.82, 2.24) is 10.3 Å². The Morgan fingerprint density at radius 1 is 1.09 bits per heavy atom. The van der Waals surface area contributed by atoms with Gasteiger partial charge in [-0.25, -0.2) is 0 Å². The molecule has 2 rings (SSSR count). The Kier molecular flexibility index (Phi) is 5.20. The smallest absolute Gasteiger partial charge is 0.258 e. The van der Waals surface area contributed by atoms with Gasteiger partial charge in [0.2, 0.25) is 0 Å². The molecule has 0 radical (unpaired) electrons. The lowest BCUT2D eigenvalue weighted by atomic mass is 10.0. The van der Waals surface area contributed by atoms with E-state index in [-0.39, 0.29) is 5.57 Å². The van der Waals surface area contributed by atoms with Crippen molar-refractivity contribution in [2.24, 2.45) is 0 Å². The van der Waals surface area contributed by atoms with Gasteiger partial charge in [-0.2, -0.15) is 0 Å². The quantitative estimate of drug-likeness (QED) is 0.883. The number of nitrogens with zero attached hydrogens (tertiary/aromatic N) is 1. The number of hydrogen-bond acceptors (Lipinski definition) is 3. The SMILES string of the molecule is C=C(C)C(=O)NC(=O)/C(=C/c1ccc(C)nc1)c1ccccc1. The predicted octanol–water partition coefficient (Wildman–Crippen LogP) is 3.15. The van der Waals surface area contributed by atoms with Crippen LogP contribution in [0.3, 0.4) is 0 Å². The average Bonchev–Trinajstić information content (AvgIpc) is 2.54. The highest BCUT2D eigenvalue weighted by molar-refractivity contribution is 6.28. The highest BCUT2D eigenvalue weighted by Gasteiger charge is 2.15. The van der Waals surface area contributed by atoms with Gasteiger partial charge in [0, 0.05) is 23.0 Å².